The minimum Gasteiger partial charge on any atom is -0.468 e. The zero-order valence-electron chi connectivity index (χ0n) is 11.3. The van der Waals surface area contributed by atoms with Crippen LogP contribution in [0.2, 0.25) is 0 Å². The molecule has 0 radical (unpaired) electrons. The van der Waals surface area contributed by atoms with Gasteiger partial charge < -0.3 is 9.73 Å². The lowest BCUT2D eigenvalue weighted by Gasteiger charge is -2.13. The Labute approximate surface area is 118 Å². The van der Waals surface area contributed by atoms with E-state index in [0.29, 0.717) is 0 Å². The normalized spacial score (nSPS) is 15.3. The van der Waals surface area contributed by atoms with Gasteiger partial charge in [0.05, 0.1) is 12.8 Å². The fourth-order valence-electron chi connectivity index (χ4n) is 2.13. The third-order valence-corrected chi connectivity index (χ3v) is 4.36. The van der Waals surface area contributed by atoms with Crippen LogP contribution in [0.25, 0.3) is 0 Å². The van der Waals surface area contributed by atoms with Crippen LogP contribution >= 0.6 is 11.3 Å². The van der Waals surface area contributed by atoms with Gasteiger partial charge in [0.25, 0.3) is 0 Å². The van der Waals surface area contributed by atoms with Crippen LogP contribution in [-0.4, -0.2) is 18.0 Å². The molecule has 0 bridgehead atoms. The van der Waals surface area contributed by atoms with E-state index in [1.807, 2.05) is 23.5 Å². The molecule has 0 spiro atoms. The number of rotatable bonds is 7. The highest BCUT2D eigenvalue weighted by molar-refractivity contribution is 7.11. The largest absolute Gasteiger partial charge is 0.468 e. The number of hydrogen-bond acceptors (Lipinski definition) is 4. The predicted molar refractivity (Wildman–Crippen MR) is 78.1 cm³/mol. The Kier molecular flexibility index (Phi) is 4.01. The lowest BCUT2D eigenvalue weighted by atomic mass is 10.3. The number of thiophene rings is 1. The summed E-state index contributed by atoms with van der Waals surface area (Å²) in [5.41, 5.74) is 0. The molecule has 19 heavy (non-hydrogen) atoms. The number of hydrogen-bond donors (Lipinski definition) is 1. The quantitative estimate of drug-likeness (QED) is 0.841. The van der Waals surface area contributed by atoms with Gasteiger partial charge in [-0.2, -0.15) is 0 Å². The topological polar surface area (TPSA) is 28.4 Å². The molecule has 3 rings (SSSR count). The highest BCUT2D eigenvalue weighted by Gasteiger charge is 2.20. The summed E-state index contributed by atoms with van der Waals surface area (Å²) in [6, 6.07) is 9.24. The van der Waals surface area contributed by atoms with Crippen LogP contribution in [0.15, 0.2) is 34.9 Å². The number of nitrogens with zero attached hydrogens (tertiary/aromatic N) is 1. The smallest absolute Gasteiger partial charge is 0.117 e. The number of furan rings is 1. The SMILES string of the molecule is CN(Cc1ccco1)Cc1ccc(CNC2CC2)s1. The molecule has 1 aliphatic carbocycles. The molecule has 2 aromatic heterocycles. The average molecular weight is 276 g/mol. The highest BCUT2D eigenvalue weighted by atomic mass is 32.1. The standard InChI is InChI=1S/C15H20N2OS/c1-17(10-13-3-2-8-18-13)11-15-7-6-14(19-15)9-16-12-4-5-12/h2-3,6-8,12,16H,4-5,9-11H2,1H3. The maximum Gasteiger partial charge on any atom is 0.117 e. The van der Waals surface area contributed by atoms with Crippen molar-refractivity contribution >= 4 is 11.3 Å². The molecule has 1 aliphatic rings. The molecule has 0 amide bonds. The van der Waals surface area contributed by atoms with Crippen LogP contribution in [-0.2, 0) is 19.6 Å². The summed E-state index contributed by atoms with van der Waals surface area (Å²) >= 11 is 1.91. The van der Waals surface area contributed by atoms with E-state index in [0.717, 1.165) is 31.4 Å². The summed E-state index contributed by atoms with van der Waals surface area (Å²) in [6.07, 6.45) is 4.43. The van der Waals surface area contributed by atoms with Crippen LogP contribution < -0.4 is 5.32 Å². The second kappa shape index (κ2) is 5.90. The second-order valence-corrected chi connectivity index (χ2v) is 6.53. The van der Waals surface area contributed by atoms with Crippen molar-refractivity contribution in [2.24, 2.45) is 0 Å². The molecule has 3 nitrogen and oxygen atoms in total. The van der Waals surface area contributed by atoms with E-state index in [1.54, 1.807) is 6.26 Å². The van der Waals surface area contributed by atoms with Crippen LogP contribution in [0.1, 0.15) is 28.4 Å². The van der Waals surface area contributed by atoms with Crippen molar-refractivity contribution in [3.05, 3.63) is 46.0 Å². The predicted octanol–water partition coefficient (Wildman–Crippen LogP) is 3.23. The van der Waals surface area contributed by atoms with E-state index in [9.17, 15) is 0 Å². The molecular formula is C15H20N2OS. The monoisotopic (exact) mass is 276 g/mol. The zero-order chi connectivity index (χ0) is 13.1. The Bertz CT molecular complexity index is 502. The molecule has 0 unspecified atom stereocenters. The summed E-state index contributed by atoms with van der Waals surface area (Å²) in [7, 11) is 2.13. The highest BCUT2D eigenvalue weighted by Crippen LogP contribution is 2.22. The van der Waals surface area contributed by atoms with Gasteiger partial charge in [0.2, 0.25) is 0 Å². The Balaban J connectivity index is 1.48. The molecule has 1 N–H and O–H groups in total. The molecule has 0 saturated heterocycles. The number of nitrogens with one attached hydrogen (secondary N) is 1. The molecule has 0 atom stereocenters. The maximum absolute atomic E-state index is 5.37. The fourth-order valence-corrected chi connectivity index (χ4v) is 3.17. The average Bonchev–Trinajstić information content (AvgIpc) is 2.88. The van der Waals surface area contributed by atoms with Crippen molar-refractivity contribution in [3.8, 4) is 0 Å². The van der Waals surface area contributed by atoms with Gasteiger partial charge in [-0.05, 0) is 44.2 Å². The lowest BCUT2D eigenvalue weighted by molar-refractivity contribution is 0.290. The Morgan fingerprint density at radius 3 is 2.84 bits per heavy atom. The van der Waals surface area contributed by atoms with Crippen molar-refractivity contribution in [2.75, 3.05) is 7.05 Å². The van der Waals surface area contributed by atoms with Crippen LogP contribution in [0.3, 0.4) is 0 Å². The Morgan fingerprint density at radius 1 is 1.26 bits per heavy atom. The van der Waals surface area contributed by atoms with Gasteiger partial charge in [-0.25, -0.2) is 0 Å². The van der Waals surface area contributed by atoms with E-state index < -0.39 is 0 Å². The maximum atomic E-state index is 5.37. The van der Waals surface area contributed by atoms with Crippen LogP contribution in [0, 0.1) is 0 Å². The second-order valence-electron chi connectivity index (χ2n) is 5.27. The van der Waals surface area contributed by atoms with Gasteiger partial charge in [0.1, 0.15) is 5.76 Å². The summed E-state index contributed by atoms with van der Waals surface area (Å²) in [5, 5.41) is 3.56. The third kappa shape index (κ3) is 3.93. The molecule has 0 aromatic carbocycles. The van der Waals surface area contributed by atoms with Gasteiger partial charge in [-0.15, -0.1) is 11.3 Å². The summed E-state index contributed by atoms with van der Waals surface area (Å²) < 4.78 is 5.37. The summed E-state index contributed by atoms with van der Waals surface area (Å²) in [6.45, 7) is 2.87. The fraction of sp³-hybridized carbons (Fsp3) is 0.467. The van der Waals surface area contributed by atoms with Gasteiger partial charge in [-0.1, -0.05) is 0 Å². The molecule has 102 valence electrons. The van der Waals surface area contributed by atoms with Gasteiger partial charge in [0.15, 0.2) is 0 Å². The van der Waals surface area contributed by atoms with Gasteiger partial charge in [-0.3, -0.25) is 4.90 Å². The molecule has 0 aliphatic heterocycles. The first-order valence-corrected chi connectivity index (χ1v) is 7.63. The van der Waals surface area contributed by atoms with Crippen LogP contribution in [0.5, 0.6) is 0 Å². The molecule has 4 heteroatoms. The first kappa shape index (κ1) is 12.9. The Morgan fingerprint density at radius 2 is 2.11 bits per heavy atom. The molecule has 2 heterocycles. The minimum absolute atomic E-state index is 0.784. The zero-order valence-corrected chi connectivity index (χ0v) is 12.1. The molecule has 2 aromatic rings. The summed E-state index contributed by atoms with van der Waals surface area (Å²) in [4.78, 5) is 5.14. The first-order valence-electron chi connectivity index (χ1n) is 6.81. The van der Waals surface area contributed by atoms with Gasteiger partial charge in [0, 0.05) is 28.9 Å². The lowest BCUT2D eigenvalue weighted by Crippen LogP contribution is -2.16. The van der Waals surface area contributed by atoms with E-state index in [4.69, 9.17) is 4.42 Å². The van der Waals surface area contributed by atoms with Crippen molar-refractivity contribution in [1.29, 1.82) is 0 Å². The van der Waals surface area contributed by atoms with Crippen molar-refractivity contribution in [2.45, 2.75) is 38.5 Å². The van der Waals surface area contributed by atoms with Crippen molar-refractivity contribution < 1.29 is 4.42 Å². The first-order chi connectivity index (χ1) is 9.29. The van der Waals surface area contributed by atoms with E-state index in [2.05, 4.69) is 29.4 Å². The van der Waals surface area contributed by atoms with Gasteiger partial charge >= 0.3 is 0 Å². The molecule has 1 fully saturated rings. The van der Waals surface area contributed by atoms with E-state index >= 15 is 0 Å². The molecular weight excluding hydrogens is 256 g/mol. The molecule has 1 saturated carbocycles. The van der Waals surface area contributed by atoms with Crippen LogP contribution in [0.4, 0.5) is 0 Å². The van der Waals surface area contributed by atoms with E-state index in [1.165, 1.54) is 22.6 Å². The van der Waals surface area contributed by atoms with Crippen molar-refractivity contribution in [3.63, 3.8) is 0 Å². The Hall–Kier alpha value is -1.10. The summed E-state index contributed by atoms with van der Waals surface area (Å²) in [5.74, 6) is 1.02. The van der Waals surface area contributed by atoms with E-state index in [-0.39, 0.29) is 0 Å². The minimum atomic E-state index is 0.784. The third-order valence-electron chi connectivity index (χ3n) is 3.29. The van der Waals surface area contributed by atoms with Crippen molar-refractivity contribution in [1.82, 2.24) is 10.2 Å².